The lowest BCUT2D eigenvalue weighted by Gasteiger charge is -2.43. The Hall–Kier alpha value is -1.24. The maximum atomic E-state index is 11.9. The summed E-state index contributed by atoms with van der Waals surface area (Å²) in [6, 6.07) is 6.01. The summed E-state index contributed by atoms with van der Waals surface area (Å²) in [4.78, 5) is 16.3. The van der Waals surface area contributed by atoms with Gasteiger partial charge in [0.25, 0.3) is 0 Å². The van der Waals surface area contributed by atoms with Crippen molar-refractivity contribution in [2.24, 2.45) is 5.92 Å². The Labute approximate surface area is 217 Å². The van der Waals surface area contributed by atoms with E-state index in [1.807, 2.05) is 17.0 Å². The average molecular weight is 527 g/mol. The van der Waals surface area contributed by atoms with Gasteiger partial charge in [0.2, 0.25) is 5.91 Å². The first kappa shape index (κ1) is 25.8. The first-order chi connectivity index (χ1) is 16.4. The van der Waals surface area contributed by atoms with Gasteiger partial charge in [-0.2, -0.15) is 0 Å². The predicted molar refractivity (Wildman–Crippen MR) is 139 cm³/mol. The standard InChI is InChI=1S/C26H34Cl3N3O2/c1-17(22-6-5-20(27)14-24(22)29)30-25-13-19(4-7-23(25)28)18-8-11-31(12-9-18)21-3-2-10-32(15-21)26(34)16-33/h4-6,13-14,17-18,21,23,30,33H,2-3,7-12,15-16H2,1H3. The lowest BCUT2D eigenvalue weighted by molar-refractivity contribution is -0.136. The number of likely N-dealkylation sites (tertiary alicyclic amines) is 2. The van der Waals surface area contributed by atoms with Crippen molar-refractivity contribution in [3.8, 4) is 0 Å². The van der Waals surface area contributed by atoms with Gasteiger partial charge in [-0.25, -0.2) is 0 Å². The van der Waals surface area contributed by atoms with E-state index in [0.717, 1.165) is 69.5 Å². The van der Waals surface area contributed by atoms with E-state index in [1.54, 1.807) is 6.07 Å². The van der Waals surface area contributed by atoms with E-state index in [2.05, 4.69) is 29.3 Å². The second-order valence-corrected chi connectivity index (χ2v) is 11.0. The van der Waals surface area contributed by atoms with Gasteiger partial charge in [-0.15, -0.1) is 11.6 Å². The summed E-state index contributed by atoms with van der Waals surface area (Å²) in [6.07, 6.45) is 9.69. The second-order valence-electron chi connectivity index (χ2n) is 9.64. The molecule has 3 aliphatic rings. The Kier molecular flexibility index (Phi) is 8.86. The van der Waals surface area contributed by atoms with E-state index in [4.69, 9.17) is 34.8 Å². The second kappa shape index (κ2) is 11.7. The van der Waals surface area contributed by atoms with Crippen molar-refractivity contribution < 1.29 is 9.90 Å². The summed E-state index contributed by atoms with van der Waals surface area (Å²) in [5, 5.41) is 14.0. The van der Waals surface area contributed by atoms with E-state index >= 15 is 0 Å². The maximum absolute atomic E-state index is 11.9. The molecular weight excluding hydrogens is 493 g/mol. The zero-order chi connectivity index (χ0) is 24.2. The lowest BCUT2D eigenvalue weighted by atomic mass is 9.84. The molecule has 3 unspecified atom stereocenters. The summed E-state index contributed by atoms with van der Waals surface area (Å²) in [6.45, 7) is 5.26. The number of nitrogens with one attached hydrogen (secondary N) is 1. The molecule has 4 rings (SSSR count). The maximum Gasteiger partial charge on any atom is 0.248 e. The highest BCUT2D eigenvalue weighted by atomic mass is 35.5. The van der Waals surface area contributed by atoms with Crippen LogP contribution in [-0.4, -0.2) is 65.0 Å². The van der Waals surface area contributed by atoms with Gasteiger partial charge >= 0.3 is 0 Å². The summed E-state index contributed by atoms with van der Waals surface area (Å²) in [5.41, 5.74) is 3.42. The van der Waals surface area contributed by atoms with E-state index in [9.17, 15) is 9.90 Å². The van der Waals surface area contributed by atoms with E-state index in [-0.39, 0.29) is 17.3 Å². The molecule has 2 heterocycles. The third-order valence-electron chi connectivity index (χ3n) is 7.43. The third kappa shape index (κ3) is 6.11. The van der Waals surface area contributed by atoms with Crippen LogP contribution in [0, 0.1) is 5.92 Å². The van der Waals surface area contributed by atoms with Crippen LogP contribution < -0.4 is 5.32 Å². The molecule has 1 aromatic carbocycles. The zero-order valence-electron chi connectivity index (χ0n) is 19.7. The van der Waals surface area contributed by atoms with Crippen LogP contribution in [-0.2, 0) is 4.79 Å². The molecule has 2 N–H and O–H groups in total. The van der Waals surface area contributed by atoms with Crippen molar-refractivity contribution in [2.45, 2.75) is 56.5 Å². The van der Waals surface area contributed by atoms with Crippen LogP contribution in [0.4, 0.5) is 0 Å². The Balaban J connectivity index is 1.35. The normalized spacial score (nSPS) is 25.5. The quantitative estimate of drug-likeness (QED) is 0.503. The number of aliphatic hydroxyl groups is 1. The smallest absolute Gasteiger partial charge is 0.248 e. The molecule has 0 bridgehead atoms. The highest BCUT2D eigenvalue weighted by molar-refractivity contribution is 6.35. The Morgan fingerprint density at radius 2 is 1.97 bits per heavy atom. The number of nitrogens with zero attached hydrogens (tertiary/aromatic N) is 2. The zero-order valence-corrected chi connectivity index (χ0v) is 21.9. The van der Waals surface area contributed by atoms with Gasteiger partial charge in [0.05, 0.1) is 5.38 Å². The number of alkyl halides is 1. The van der Waals surface area contributed by atoms with Crippen molar-refractivity contribution in [3.05, 3.63) is 57.2 Å². The minimum atomic E-state index is -0.393. The molecule has 5 nitrogen and oxygen atoms in total. The number of rotatable bonds is 6. The minimum absolute atomic E-state index is 0.0225. The van der Waals surface area contributed by atoms with Gasteiger partial charge < -0.3 is 15.3 Å². The molecule has 1 aromatic rings. The van der Waals surface area contributed by atoms with Gasteiger partial charge in [-0.3, -0.25) is 9.69 Å². The molecule has 34 heavy (non-hydrogen) atoms. The molecule has 186 valence electrons. The molecule has 0 aromatic heterocycles. The molecule has 0 spiro atoms. The number of allylic oxidation sites excluding steroid dienone is 4. The van der Waals surface area contributed by atoms with Crippen molar-refractivity contribution in [1.29, 1.82) is 0 Å². The van der Waals surface area contributed by atoms with Gasteiger partial charge in [-0.1, -0.05) is 35.3 Å². The molecule has 8 heteroatoms. The number of hydrogen-bond donors (Lipinski definition) is 2. The van der Waals surface area contributed by atoms with Gasteiger partial charge in [0.1, 0.15) is 6.61 Å². The number of piperidine rings is 2. The van der Waals surface area contributed by atoms with Crippen LogP contribution >= 0.6 is 34.8 Å². The number of aliphatic hydroxyl groups excluding tert-OH is 1. The van der Waals surface area contributed by atoms with Crippen LogP contribution in [0.25, 0.3) is 0 Å². The Bertz CT molecular complexity index is 943. The topological polar surface area (TPSA) is 55.8 Å². The number of amides is 1. The van der Waals surface area contributed by atoms with Crippen LogP contribution in [0.2, 0.25) is 10.0 Å². The SMILES string of the molecule is CC(NC1=CC(C2CCN(C3CCCN(C(=O)CO)C3)CC2)=CCC1Cl)c1ccc(Cl)cc1Cl. The summed E-state index contributed by atoms with van der Waals surface area (Å²) in [7, 11) is 0. The minimum Gasteiger partial charge on any atom is -0.387 e. The highest BCUT2D eigenvalue weighted by Crippen LogP contribution is 2.34. The third-order valence-corrected chi connectivity index (χ3v) is 8.41. The summed E-state index contributed by atoms with van der Waals surface area (Å²) >= 11 is 19.1. The van der Waals surface area contributed by atoms with E-state index in [0.29, 0.717) is 22.0 Å². The van der Waals surface area contributed by atoms with Gasteiger partial charge in [0, 0.05) is 40.9 Å². The average Bonchev–Trinajstić information content (AvgIpc) is 2.85. The fourth-order valence-electron chi connectivity index (χ4n) is 5.47. The number of carbonyl (C=O) groups excluding carboxylic acids is 1. The number of carbonyl (C=O) groups is 1. The predicted octanol–water partition coefficient (Wildman–Crippen LogP) is 5.16. The molecule has 3 atom stereocenters. The summed E-state index contributed by atoms with van der Waals surface area (Å²) < 4.78 is 0. The monoisotopic (exact) mass is 525 g/mol. The first-order valence-electron chi connectivity index (χ1n) is 12.3. The van der Waals surface area contributed by atoms with Gasteiger partial charge in [0.15, 0.2) is 0 Å². The Morgan fingerprint density at radius 1 is 1.21 bits per heavy atom. The van der Waals surface area contributed by atoms with Crippen molar-refractivity contribution in [1.82, 2.24) is 15.1 Å². The fraction of sp³-hybridized carbons (Fsp3) is 0.577. The Morgan fingerprint density at radius 3 is 2.68 bits per heavy atom. The lowest BCUT2D eigenvalue weighted by Crippen LogP contribution is -2.52. The van der Waals surface area contributed by atoms with Crippen molar-refractivity contribution in [3.63, 3.8) is 0 Å². The van der Waals surface area contributed by atoms with Crippen molar-refractivity contribution in [2.75, 3.05) is 32.8 Å². The van der Waals surface area contributed by atoms with Crippen LogP contribution in [0.5, 0.6) is 0 Å². The molecule has 2 aliphatic heterocycles. The van der Waals surface area contributed by atoms with E-state index in [1.165, 1.54) is 5.57 Å². The van der Waals surface area contributed by atoms with Crippen LogP contribution in [0.1, 0.15) is 50.6 Å². The van der Waals surface area contributed by atoms with E-state index < -0.39 is 6.61 Å². The number of halogens is 3. The molecule has 1 aliphatic carbocycles. The molecule has 0 saturated carbocycles. The van der Waals surface area contributed by atoms with Crippen LogP contribution in [0.3, 0.4) is 0 Å². The molecule has 2 fully saturated rings. The molecular formula is C26H34Cl3N3O2. The first-order valence-corrected chi connectivity index (χ1v) is 13.4. The van der Waals surface area contributed by atoms with Crippen LogP contribution in [0.15, 0.2) is 41.6 Å². The summed E-state index contributed by atoms with van der Waals surface area (Å²) in [5.74, 6) is 0.368. The molecule has 1 amide bonds. The molecule has 0 radical (unpaired) electrons. The fourth-order valence-corrected chi connectivity index (χ4v) is 6.26. The highest BCUT2D eigenvalue weighted by Gasteiger charge is 2.31. The number of hydrogen-bond acceptors (Lipinski definition) is 4. The largest absolute Gasteiger partial charge is 0.387 e. The molecule has 2 saturated heterocycles. The van der Waals surface area contributed by atoms with Gasteiger partial charge in [-0.05, 0) is 87.4 Å². The van der Waals surface area contributed by atoms with Crippen molar-refractivity contribution >= 4 is 40.7 Å². The number of benzene rings is 1.